The van der Waals surface area contributed by atoms with Gasteiger partial charge in [-0.1, -0.05) is 6.92 Å². The summed E-state index contributed by atoms with van der Waals surface area (Å²) in [5.74, 6) is 0.902. The van der Waals surface area contributed by atoms with Crippen molar-refractivity contribution in [2.75, 3.05) is 26.1 Å². The van der Waals surface area contributed by atoms with Gasteiger partial charge in [0.25, 0.3) is 5.91 Å². The molecule has 7 heteroatoms. The van der Waals surface area contributed by atoms with Gasteiger partial charge >= 0.3 is 5.97 Å². The van der Waals surface area contributed by atoms with Crippen LogP contribution >= 0.6 is 11.3 Å². The zero-order valence-corrected chi connectivity index (χ0v) is 17.4. The third kappa shape index (κ3) is 4.14. The quantitative estimate of drug-likeness (QED) is 0.727. The zero-order valence-electron chi connectivity index (χ0n) is 16.6. The molecule has 1 unspecified atom stereocenters. The van der Waals surface area contributed by atoms with E-state index >= 15 is 0 Å². The fourth-order valence-corrected chi connectivity index (χ4v) is 4.77. The Hall–Kier alpha value is -2.54. The molecule has 1 aliphatic carbocycles. The minimum absolute atomic E-state index is 0.292. The number of amides is 1. The number of carbonyl (C=O) groups excluding carboxylic acids is 2. The number of anilines is 1. The van der Waals surface area contributed by atoms with Gasteiger partial charge in [-0.15, -0.1) is 11.3 Å². The Bertz CT molecular complexity index is 867. The lowest BCUT2D eigenvalue weighted by atomic mass is 9.88. The van der Waals surface area contributed by atoms with Crippen molar-refractivity contribution >= 4 is 28.2 Å². The van der Waals surface area contributed by atoms with E-state index in [9.17, 15) is 9.59 Å². The summed E-state index contributed by atoms with van der Waals surface area (Å²) in [5, 5.41) is 3.45. The van der Waals surface area contributed by atoms with Crippen molar-refractivity contribution in [3.8, 4) is 11.5 Å². The first-order valence-electron chi connectivity index (χ1n) is 9.32. The van der Waals surface area contributed by atoms with Gasteiger partial charge in [0.2, 0.25) is 0 Å². The van der Waals surface area contributed by atoms with Crippen molar-refractivity contribution in [2.24, 2.45) is 5.92 Å². The van der Waals surface area contributed by atoms with Gasteiger partial charge in [0.1, 0.15) is 16.5 Å². The molecule has 1 amide bonds. The first kappa shape index (κ1) is 20.2. The van der Waals surface area contributed by atoms with Crippen molar-refractivity contribution in [1.29, 1.82) is 0 Å². The largest absolute Gasteiger partial charge is 0.497 e. The summed E-state index contributed by atoms with van der Waals surface area (Å²) in [6.45, 7) is 4.27. The van der Waals surface area contributed by atoms with E-state index in [1.165, 1.54) is 25.6 Å². The van der Waals surface area contributed by atoms with Gasteiger partial charge in [-0.05, 0) is 49.8 Å². The van der Waals surface area contributed by atoms with Crippen molar-refractivity contribution in [2.45, 2.75) is 33.1 Å². The summed E-state index contributed by atoms with van der Waals surface area (Å²) < 4.78 is 15.7. The topological polar surface area (TPSA) is 73.9 Å². The van der Waals surface area contributed by atoms with Crippen LogP contribution in [0, 0.1) is 5.92 Å². The monoisotopic (exact) mass is 403 g/mol. The summed E-state index contributed by atoms with van der Waals surface area (Å²) in [7, 11) is 3.06. The molecule has 0 saturated carbocycles. The smallest absolute Gasteiger partial charge is 0.341 e. The van der Waals surface area contributed by atoms with Crippen LogP contribution in [0.15, 0.2) is 18.2 Å². The van der Waals surface area contributed by atoms with Crippen LogP contribution in [0.2, 0.25) is 0 Å². The van der Waals surface area contributed by atoms with Crippen molar-refractivity contribution in [3.63, 3.8) is 0 Å². The van der Waals surface area contributed by atoms with E-state index in [0.717, 1.165) is 29.7 Å². The molecule has 1 heterocycles. The van der Waals surface area contributed by atoms with E-state index < -0.39 is 0 Å². The average Bonchev–Trinajstić information content (AvgIpc) is 3.04. The molecule has 1 atom stereocenters. The third-order valence-corrected chi connectivity index (χ3v) is 6.00. The highest BCUT2D eigenvalue weighted by atomic mass is 32.1. The molecular weight excluding hydrogens is 378 g/mol. The molecule has 2 aromatic rings. The highest BCUT2D eigenvalue weighted by Gasteiger charge is 2.29. The molecule has 150 valence electrons. The maximum Gasteiger partial charge on any atom is 0.341 e. The molecule has 3 rings (SSSR count). The van der Waals surface area contributed by atoms with Crippen molar-refractivity contribution in [3.05, 3.63) is 39.8 Å². The summed E-state index contributed by atoms with van der Waals surface area (Å²) in [6.07, 6.45) is 2.76. The van der Waals surface area contributed by atoms with Crippen LogP contribution in [-0.4, -0.2) is 32.7 Å². The Morgan fingerprint density at radius 1 is 1.18 bits per heavy atom. The number of ether oxygens (including phenoxy) is 3. The van der Waals surface area contributed by atoms with E-state index in [-0.39, 0.29) is 11.9 Å². The number of fused-ring (bicyclic) bond motifs is 1. The van der Waals surface area contributed by atoms with E-state index in [2.05, 4.69) is 12.2 Å². The second-order valence-electron chi connectivity index (χ2n) is 6.83. The summed E-state index contributed by atoms with van der Waals surface area (Å²) in [5.41, 5.74) is 1.91. The summed E-state index contributed by atoms with van der Waals surface area (Å²) >= 11 is 1.47. The molecular formula is C21H25NO5S. The number of carbonyl (C=O) groups is 2. The Morgan fingerprint density at radius 3 is 2.46 bits per heavy atom. The lowest BCUT2D eigenvalue weighted by molar-refractivity contribution is 0.0526. The van der Waals surface area contributed by atoms with Crippen LogP contribution in [0.25, 0.3) is 0 Å². The molecule has 0 saturated heterocycles. The van der Waals surface area contributed by atoms with Crippen molar-refractivity contribution in [1.82, 2.24) is 0 Å². The highest BCUT2D eigenvalue weighted by molar-refractivity contribution is 7.17. The first-order chi connectivity index (χ1) is 13.5. The predicted octanol–water partition coefficient (Wildman–Crippen LogP) is 4.32. The van der Waals surface area contributed by atoms with E-state index in [1.54, 1.807) is 25.1 Å². The Labute approximate surface area is 168 Å². The lowest BCUT2D eigenvalue weighted by Gasteiger charge is -2.18. The molecule has 28 heavy (non-hydrogen) atoms. The number of esters is 1. The summed E-state index contributed by atoms with van der Waals surface area (Å²) in [4.78, 5) is 26.6. The fourth-order valence-electron chi connectivity index (χ4n) is 3.37. The molecule has 0 bridgehead atoms. The molecule has 1 aromatic heterocycles. The van der Waals surface area contributed by atoms with Crippen molar-refractivity contribution < 1.29 is 23.8 Å². The minimum Gasteiger partial charge on any atom is -0.497 e. The highest BCUT2D eigenvalue weighted by Crippen LogP contribution is 2.40. The molecule has 0 radical (unpaired) electrons. The van der Waals surface area contributed by atoms with Crippen LogP contribution in [0.1, 0.15) is 51.4 Å². The van der Waals surface area contributed by atoms with E-state index in [0.29, 0.717) is 40.2 Å². The molecule has 1 N–H and O–H groups in total. The number of nitrogens with one attached hydrogen (secondary N) is 1. The van der Waals surface area contributed by atoms with E-state index in [1.807, 2.05) is 0 Å². The molecule has 0 aliphatic heterocycles. The SMILES string of the molecule is CCOC(=O)c1c(NC(=O)c2cc(OC)cc(OC)c2)sc2c1CCC(C)C2. The maximum atomic E-state index is 12.9. The Kier molecular flexibility index (Phi) is 6.24. The van der Waals surface area contributed by atoms with Gasteiger partial charge in [-0.2, -0.15) is 0 Å². The number of thiophene rings is 1. The van der Waals surface area contributed by atoms with Gasteiger partial charge in [0.15, 0.2) is 0 Å². The van der Waals surface area contributed by atoms with Gasteiger partial charge in [0.05, 0.1) is 26.4 Å². The zero-order chi connectivity index (χ0) is 20.3. The molecule has 6 nitrogen and oxygen atoms in total. The maximum absolute atomic E-state index is 12.9. The van der Waals surface area contributed by atoms with Crippen LogP contribution in [0.4, 0.5) is 5.00 Å². The number of rotatable bonds is 6. The van der Waals surface area contributed by atoms with Gasteiger partial charge in [-0.3, -0.25) is 4.79 Å². The molecule has 1 aliphatic rings. The third-order valence-electron chi connectivity index (χ3n) is 4.83. The standard InChI is InChI=1S/C21H25NO5S/c1-5-27-21(24)18-16-7-6-12(2)8-17(16)28-20(18)22-19(23)13-9-14(25-3)11-15(10-13)26-4/h9-12H,5-8H2,1-4H3,(H,22,23). The Morgan fingerprint density at radius 2 is 1.86 bits per heavy atom. The second kappa shape index (κ2) is 8.65. The van der Waals surface area contributed by atoms with E-state index in [4.69, 9.17) is 14.2 Å². The minimum atomic E-state index is -0.381. The van der Waals surface area contributed by atoms with Gasteiger partial charge in [-0.25, -0.2) is 4.79 Å². The number of hydrogen-bond acceptors (Lipinski definition) is 6. The fraction of sp³-hybridized carbons (Fsp3) is 0.429. The van der Waals surface area contributed by atoms with Crippen LogP contribution in [0.3, 0.4) is 0 Å². The number of hydrogen-bond donors (Lipinski definition) is 1. The predicted molar refractivity (Wildman–Crippen MR) is 109 cm³/mol. The number of methoxy groups -OCH3 is 2. The lowest BCUT2D eigenvalue weighted by Crippen LogP contribution is -2.16. The van der Waals surface area contributed by atoms with Gasteiger partial charge in [0, 0.05) is 16.5 Å². The molecule has 1 aromatic carbocycles. The number of benzene rings is 1. The first-order valence-corrected chi connectivity index (χ1v) is 10.1. The molecule has 0 spiro atoms. The van der Waals surface area contributed by atoms with Crippen LogP contribution < -0.4 is 14.8 Å². The Balaban J connectivity index is 1.95. The second-order valence-corrected chi connectivity index (χ2v) is 7.94. The van der Waals surface area contributed by atoms with Crippen LogP contribution in [-0.2, 0) is 17.6 Å². The average molecular weight is 404 g/mol. The molecule has 0 fully saturated rings. The normalized spacial score (nSPS) is 15.5. The van der Waals surface area contributed by atoms with Crippen LogP contribution in [0.5, 0.6) is 11.5 Å². The summed E-state index contributed by atoms with van der Waals surface area (Å²) in [6, 6.07) is 4.97. The van der Waals surface area contributed by atoms with Gasteiger partial charge < -0.3 is 19.5 Å².